The minimum absolute atomic E-state index is 0.412. The van der Waals surface area contributed by atoms with E-state index in [9.17, 15) is 20.2 Å². The molecule has 1 fully saturated rings. The summed E-state index contributed by atoms with van der Waals surface area (Å²) in [6.07, 6.45) is 0. The zero-order valence-electron chi connectivity index (χ0n) is 21.4. The van der Waals surface area contributed by atoms with Crippen LogP contribution in [0.4, 0.5) is 17.2 Å². The molecule has 1 saturated heterocycles. The Kier molecular flexibility index (Phi) is 6.45. The molecule has 200 valence electrons. The van der Waals surface area contributed by atoms with E-state index < -0.39 is 26.8 Å². The summed E-state index contributed by atoms with van der Waals surface area (Å²) in [5, 5.41) is 29.7. The van der Waals surface area contributed by atoms with E-state index in [0.29, 0.717) is 43.0 Å². The fourth-order valence-electron chi connectivity index (χ4n) is 5.58. The topological polar surface area (TPSA) is 117 Å². The molecule has 0 bridgehead atoms. The van der Waals surface area contributed by atoms with Crippen molar-refractivity contribution in [3.05, 3.63) is 140 Å². The van der Waals surface area contributed by atoms with Crippen LogP contribution in [0.25, 0.3) is 10.9 Å². The molecule has 0 aliphatic carbocycles. The van der Waals surface area contributed by atoms with Crippen molar-refractivity contribution in [2.75, 3.05) is 31.2 Å². The fourth-order valence-corrected chi connectivity index (χ4v) is 5.58. The van der Waals surface area contributed by atoms with Gasteiger partial charge in [0.1, 0.15) is 5.54 Å². The minimum atomic E-state index is -1.06. The molecule has 0 saturated carbocycles. The maximum atomic E-state index is 12.1. The van der Waals surface area contributed by atoms with Gasteiger partial charge in [-0.15, -0.1) is 0 Å². The number of fused-ring (bicyclic) bond motifs is 1. The second-order valence-corrected chi connectivity index (χ2v) is 9.52. The molecule has 0 N–H and O–H groups in total. The summed E-state index contributed by atoms with van der Waals surface area (Å²) in [5.41, 5.74) is 0.835. The van der Waals surface area contributed by atoms with Gasteiger partial charge in [0.05, 0.1) is 34.0 Å². The quantitative estimate of drug-likeness (QED) is 0.153. The fraction of sp³-hybridized carbons (Fsp3) is 0.167. The van der Waals surface area contributed by atoms with Crippen molar-refractivity contribution in [1.82, 2.24) is 9.78 Å². The molecule has 0 spiro atoms. The third-order valence-corrected chi connectivity index (χ3v) is 7.35. The zero-order chi connectivity index (χ0) is 27.7. The molecular formula is C30H25N5O5. The highest BCUT2D eigenvalue weighted by Gasteiger charge is 2.42. The molecule has 0 amide bonds. The lowest BCUT2D eigenvalue weighted by molar-refractivity contribution is -0.422. The predicted octanol–water partition coefficient (Wildman–Crippen LogP) is 5.53. The molecule has 1 aliphatic rings. The highest BCUT2D eigenvalue weighted by atomic mass is 16.6. The summed E-state index contributed by atoms with van der Waals surface area (Å²) in [5.74, 6) is 0.517. The van der Waals surface area contributed by atoms with Crippen LogP contribution >= 0.6 is 0 Å². The summed E-state index contributed by atoms with van der Waals surface area (Å²) in [4.78, 5) is 24.7. The average Bonchev–Trinajstić information content (AvgIpc) is 3.38. The maximum Gasteiger partial charge on any atom is 0.348 e. The highest BCUT2D eigenvalue weighted by Crippen LogP contribution is 2.45. The first kappa shape index (κ1) is 25.2. The summed E-state index contributed by atoms with van der Waals surface area (Å²) in [6.45, 7) is 2.02. The largest absolute Gasteiger partial charge is 0.378 e. The van der Waals surface area contributed by atoms with Gasteiger partial charge in [0.15, 0.2) is 5.82 Å². The van der Waals surface area contributed by atoms with Crippen molar-refractivity contribution in [2.24, 2.45) is 0 Å². The molecule has 10 heteroatoms. The Bertz CT molecular complexity index is 1590. The standard InChI is InChI=1S/C30H25N5O5/c36-34(37)27-20-25-26(21-28(27)35(38)39)33(31-29(25)32-16-18-40-19-17-32)30(22-10-4-1-5-11-22,23-12-6-2-7-13-23)24-14-8-3-9-15-24/h1-15,20-21H,16-19H2. The number of nitrogens with zero attached hydrogens (tertiary/aromatic N) is 5. The van der Waals surface area contributed by atoms with E-state index in [-0.39, 0.29) is 0 Å². The summed E-state index contributed by atoms with van der Waals surface area (Å²) < 4.78 is 7.35. The number of rotatable bonds is 7. The number of hydrogen-bond acceptors (Lipinski definition) is 7. The van der Waals surface area contributed by atoms with E-state index in [1.807, 2.05) is 95.9 Å². The van der Waals surface area contributed by atoms with Gasteiger partial charge in [-0.05, 0) is 16.7 Å². The summed E-state index contributed by atoms with van der Waals surface area (Å²) in [7, 11) is 0. The average molecular weight is 536 g/mol. The lowest BCUT2D eigenvalue weighted by Crippen LogP contribution is -2.40. The van der Waals surface area contributed by atoms with E-state index >= 15 is 0 Å². The number of nitro benzene ring substituents is 2. The molecule has 5 aromatic rings. The summed E-state index contributed by atoms with van der Waals surface area (Å²) in [6, 6.07) is 32.0. The molecule has 0 atom stereocenters. The van der Waals surface area contributed by atoms with Crippen molar-refractivity contribution in [3.63, 3.8) is 0 Å². The van der Waals surface area contributed by atoms with Crippen molar-refractivity contribution < 1.29 is 14.6 Å². The Morgan fingerprint density at radius 2 is 1.15 bits per heavy atom. The normalized spacial score (nSPS) is 13.8. The van der Waals surface area contributed by atoms with Crippen molar-refractivity contribution in [1.29, 1.82) is 0 Å². The van der Waals surface area contributed by atoms with E-state index in [1.54, 1.807) is 4.68 Å². The number of benzene rings is 4. The maximum absolute atomic E-state index is 12.1. The monoisotopic (exact) mass is 535 g/mol. The van der Waals surface area contributed by atoms with Crippen LogP contribution in [0.2, 0.25) is 0 Å². The number of aromatic nitrogens is 2. The molecule has 2 heterocycles. The van der Waals surface area contributed by atoms with Gasteiger partial charge in [-0.25, -0.2) is 4.68 Å². The first-order valence-corrected chi connectivity index (χ1v) is 12.9. The number of ether oxygens (including phenoxy) is 1. The molecule has 6 rings (SSSR count). The third-order valence-electron chi connectivity index (χ3n) is 7.35. The van der Waals surface area contributed by atoms with Gasteiger partial charge in [0.25, 0.3) is 0 Å². The van der Waals surface area contributed by atoms with Crippen LogP contribution in [0.1, 0.15) is 16.7 Å². The van der Waals surface area contributed by atoms with E-state index in [2.05, 4.69) is 0 Å². The number of anilines is 1. The highest BCUT2D eigenvalue weighted by molar-refractivity contribution is 5.95. The first-order valence-electron chi connectivity index (χ1n) is 12.9. The molecular weight excluding hydrogens is 510 g/mol. The second-order valence-electron chi connectivity index (χ2n) is 9.52. The lowest BCUT2D eigenvalue weighted by atomic mass is 9.77. The Balaban J connectivity index is 1.80. The van der Waals surface area contributed by atoms with Crippen LogP contribution in [-0.2, 0) is 10.3 Å². The SMILES string of the molecule is O=[N+]([O-])c1cc2c(N3CCOCC3)nn(C(c3ccccc3)(c3ccccc3)c3ccccc3)c2cc1[N+](=O)[O-]. The third kappa shape index (κ3) is 4.05. The lowest BCUT2D eigenvalue weighted by Gasteiger charge is -2.37. The number of nitro groups is 2. The van der Waals surface area contributed by atoms with Crippen molar-refractivity contribution >= 4 is 28.1 Å². The van der Waals surface area contributed by atoms with Crippen molar-refractivity contribution in [2.45, 2.75) is 5.54 Å². The minimum Gasteiger partial charge on any atom is -0.378 e. The van der Waals surface area contributed by atoms with Gasteiger partial charge >= 0.3 is 11.4 Å². The Labute approximate surface area is 229 Å². The van der Waals surface area contributed by atoms with Crippen LogP contribution in [0.3, 0.4) is 0 Å². The zero-order valence-corrected chi connectivity index (χ0v) is 21.4. The van der Waals surface area contributed by atoms with Gasteiger partial charge in [0.2, 0.25) is 0 Å². The Hall–Kier alpha value is -5.09. The molecule has 0 radical (unpaired) electrons. The first-order chi connectivity index (χ1) is 19.5. The molecule has 1 aromatic heterocycles. The van der Waals surface area contributed by atoms with Gasteiger partial charge in [-0.3, -0.25) is 20.2 Å². The van der Waals surface area contributed by atoms with Crippen LogP contribution in [-0.4, -0.2) is 45.9 Å². The smallest absolute Gasteiger partial charge is 0.348 e. The molecule has 40 heavy (non-hydrogen) atoms. The molecule has 4 aromatic carbocycles. The van der Waals surface area contributed by atoms with Crippen LogP contribution in [0.15, 0.2) is 103 Å². The van der Waals surface area contributed by atoms with Crippen molar-refractivity contribution in [3.8, 4) is 0 Å². The Morgan fingerprint density at radius 3 is 1.60 bits per heavy atom. The molecule has 0 unspecified atom stereocenters. The molecule has 1 aliphatic heterocycles. The van der Waals surface area contributed by atoms with E-state index in [0.717, 1.165) is 16.7 Å². The number of morpholine rings is 1. The van der Waals surface area contributed by atoms with Gasteiger partial charge in [-0.1, -0.05) is 91.0 Å². The van der Waals surface area contributed by atoms with Gasteiger partial charge < -0.3 is 9.64 Å². The predicted molar refractivity (Wildman–Crippen MR) is 151 cm³/mol. The van der Waals surface area contributed by atoms with Crippen LogP contribution in [0, 0.1) is 20.2 Å². The van der Waals surface area contributed by atoms with Crippen LogP contribution in [0.5, 0.6) is 0 Å². The Morgan fingerprint density at radius 1 is 0.700 bits per heavy atom. The van der Waals surface area contributed by atoms with Gasteiger partial charge in [0, 0.05) is 25.2 Å². The van der Waals surface area contributed by atoms with E-state index in [1.165, 1.54) is 12.1 Å². The van der Waals surface area contributed by atoms with Gasteiger partial charge in [-0.2, -0.15) is 5.10 Å². The second kappa shape index (κ2) is 10.2. The molecule has 10 nitrogen and oxygen atoms in total. The van der Waals surface area contributed by atoms with Crippen LogP contribution < -0.4 is 4.90 Å². The van der Waals surface area contributed by atoms with E-state index in [4.69, 9.17) is 9.84 Å². The number of hydrogen-bond donors (Lipinski definition) is 0. The summed E-state index contributed by atoms with van der Waals surface area (Å²) >= 11 is 0.